The maximum absolute atomic E-state index is 13.6. The summed E-state index contributed by atoms with van der Waals surface area (Å²) in [6.45, 7) is 1.31. The summed E-state index contributed by atoms with van der Waals surface area (Å²) >= 11 is 0. The molecule has 0 heterocycles. The Morgan fingerprint density at radius 2 is 1.63 bits per heavy atom. The fraction of sp³-hybridized carbons (Fsp3) is 0.143. The molecule has 0 N–H and O–H groups in total. The standard InChI is InChI=1S/C14H9F5/c1-8-5-6-9(7-11(8)14(17,18)19)10-3-2-4-12(15)13(10)16/h2-7H,1H3. The van der Waals surface area contributed by atoms with E-state index < -0.39 is 23.4 Å². The number of aryl methyl sites for hydroxylation is 1. The van der Waals surface area contributed by atoms with Gasteiger partial charge >= 0.3 is 6.18 Å². The highest BCUT2D eigenvalue weighted by molar-refractivity contribution is 5.66. The first-order valence-corrected chi connectivity index (χ1v) is 5.43. The van der Waals surface area contributed by atoms with Gasteiger partial charge in [-0.15, -0.1) is 0 Å². The summed E-state index contributed by atoms with van der Waals surface area (Å²) in [5.74, 6) is -2.24. The minimum atomic E-state index is -4.52. The molecule has 0 radical (unpaired) electrons. The van der Waals surface area contributed by atoms with E-state index in [0.29, 0.717) is 0 Å². The first-order chi connectivity index (χ1) is 8.80. The molecule has 2 rings (SSSR count). The quantitative estimate of drug-likeness (QED) is 0.644. The van der Waals surface area contributed by atoms with E-state index in [1.54, 1.807) is 0 Å². The van der Waals surface area contributed by atoms with Gasteiger partial charge in [-0.3, -0.25) is 0 Å². The Kier molecular flexibility index (Phi) is 3.30. The third kappa shape index (κ3) is 2.59. The van der Waals surface area contributed by atoms with Gasteiger partial charge < -0.3 is 0 Å². The number of alkyl halides is 3. The van der Waals surface area contributed by atoms with Crippen molar-refractivity contribution in [2.45, 2.75) is 13.1 Å². The topological polar surface area (TPSA) is 0 Å². The van der Waals surface area contributed by atoms with Gasteiger partial charge in [0.25, 0.3) is 0 Å². The third-order valence-corrected chi connectivity index (χ3v) is 2.81. The Morgan fingerprint density at radius 1 is 0.947 bits per heavy atom. The minimum absolute atomic E-state index is 0.00470. The summed E-state index contributed by atoms with van der Waals surface area (Å²) in [6, 6.07) is 6.81. The van der Waals surface area contributed by atoms with E-state index in [0.717, 1.165) is 12.1 Å². The van der Waals surface area contributed by atoms with Crippen LogP contribution in [0, 0.1) is 18.6 Å². The zero-order valence-electron chi connectivity index (χ0n) is 9.85. The molecular weight excluding hydrogens is 263 g/mol. The molecule has 5 heteroatoms. The normalized spacial score (nSPS) is 11.7. The molecule has 0 aromatic heterocycles. The lowest BCUT2D eigenvalue weighted by molar-refractivity contribution is -0.138. The van der Waals surface area contributed by atoms with Crippen LogP contribution in [0.2, 0.25) is 0 Å². The third-order valence-electron chi connectivity index (χ3n) is 2.81. The van der Waals surface area contributed by atoms with Crippen molar-refractivity contribution in [3.05, 3.63) is 59.2 Å². The molecule has 2 aromatic rings. The van der Waals surface area contributed by atoms with Crippen molar-refractivity contribution < 1.29 is 22.0 Å². The van der Waals surface area contributed by atoms with Crippen molar-refractivity contribution in [2.24, 2.45) is 0 Å². The van der Waals surface area contributed by atoms with Gasteiger partial charge in [0, 0.05) is 5.56 Å². The van der Waals surface area contributed by atoms with Gasteiger partial charge in [-0.2, -0.15) is 13.2 Å². The molecule has 0 saturated carbocycles. The first-order valence-electron chi connectivity index (χ1n) is 5.43. The Balaban J connectivity index is 2.62. The molecule has 2 aromatic carbocycles. The van der Waals surface area contributed by atoms with Crippen molar-refractivity contribution in [1.82, 2.24) is 0 Å². The molecule has 0 aliphatic carbocycles. The molecule has 100 valence electrons. The summed E-state index contributed by atoms with van der Waals surface area (Å²) in [4.78, 5) is 0. The van der Waals surface area contributed by atoms with Crippen molar-refractivity contribution in [2.75, 3.05) is 0 Å². The van der Waals surface area contributed by atoms with E-state index >= 15 is 0 Å². The molecule has 0 atom stereocenters. The summed E-state index contributed by atoms with van der Waals surface area (Å²) in [7, 11) is 0. The van der Waals surface area contributed by atoms with Crippen molar-refractivity contribution >= 4 is 0 Å². The highest BCUT2D eigenvalue weighted by atomic mass is 19.4. The number of hydrogen-bond acceptors (Lipinski definition) is 0. The Labute approximate surface area is 106 Å². The molecule has 0 fully saturated rings. The fourth-order valence-corrected chi connectivity index (χ4v) is 1.82. The van der Waals surface area contributed by atoms with Crippen LogP contribution in [0.3, 0.4) is 0 Å². The summed E-state index contributed by atoms with van der Waals surface area (Å²) in [5.41, 5.74) is -1.01. The molecule has 0 nitrogen and oxygen atoms in total. The lowest BCUT2D eigenvalue weighted by Crippen LogP contribution is -2.07. The predicted molar refractivity (Wildman–Crippen MR) is 61.5 cm³/mol. The largest absolute Gasteiger partial charge is 0.416 e. The zero-order chi connectivity index (χ0) is 14.2. The predicted octanol–water partition coefficient (Wildman–Crippen LogP) is 4.96. The number of halogens is 5. The molecule has 0 aliphatic heterocycles. The molecular formula is C14H9F5. The van der Waals surface area contributed by atoms with Gasteiger partial charge in [0.15, 0.2) is 11.6 Å². The van der Waals surface area contributed by atoms with Crippen LogP contribution >= 0.6 is 0 Å². The Morgan fingerprint density at radius 3 is 2.26 bits per heavy atom. The van der Waals surface area contributed by atoms with E-state index in [1.165, 1.54) is 31.2 Å². The van der Waals surface area contributed by atoms with E-state index in [1.807, 2.05) is 0 Å². The molecule has 0 bridgehead atoms. The number of benzene rings is 2. The van der Waals surface area contributed by atoms with Crippen LogP contribution in [0.4, 0.5) is 22.0 Å². The lowest BCUT2D eigenvalue weighted by Gasteiger charge is -2.12. The second-order valence-electron chi connectivity index (χ2n) is 4.13. The average molecular weight is 272 g/mol. The molecule has 0 aliphatic rings. The van der Waals surface area contributed by atoms with E-state index in [-0.39, 0.29) is 16.7 Å². The highest BCUT2D eigenvalue weighted by Crippen LogP contribution is 2.35. The number of hydrogen-bond donors (Lipinski definition) is 0. The molecule has 0 spiro atoms. The van der Waals surface area contributed by atoms with Crippen LogP contribution in [0.25, 0.3) is 11.1 Å². The van der Waals surface area contributed by atoms with Crippen LogP contribution in [0.1, 0.15) is 11.1 Å². The van der Waals surface area contributed by atoms with Crippen molar-refractivity contribution in [1.29, 1.82) is 0 Å². The minimum Gasteiger partial charge on any atom is -0.204 e. The molecule has 0 amide bonds. The van der Waals surface area contributed by atoms with E-state index in [4.69, 9.17) is 0 Å². The molecule has 19 heavy (non-hydrogen) atoms. The molecule has 0 unspecified atom stereocenters. The smallest absolute Gasteiger partial charge is 0.204 e. The van der Waals surface area contributed by atoms with Gasteiger partial charge in [0.1, 0.15) is 0 Å². The van der Waals surface area contributed by atoms with Crippen LogP contribution < -0.4 is 0 Å². The lowest BCUT2D eigenvalue weighted by atomic mass is 9.99. The SMILES string of the molecule is Cc1ccc(-c2cccc(F)c2F)cc1C(F)(F)F. The summed E-state index contributed by atoms with van der Waals surface area (Å²) < 4.78 is 64.9. The Bertz CT molecular complexity index is 614. The Hall–Kier alpha value is -1.91. The maximum Gasteiger partial charge on any atom is 0.416 e. The maximum atomic E-state index is 13.6. The summed E-state index contributed by atoms with van der Waals surface area (Å²) in [6.07, 6.45) is -4.52. The second kappa shape index (κ2) is 4.64. The summed E-state index contributed by atoms with van der Waals surface area (Å²) in [5, 5.41) is 0. The fourth-order valence-electron chi connectivity index (χ4n) is 1.82. The van der Waals surface area contributed by atoms with Crippen molar-refractivity contribution in [3.63, 3.8) is 0 Å². The van der Waals surface area contributed by atoms with Crippen LogP contribution in [-0.4, -0.2) is 0 Å². The van der Waals surface area contributed by atoms with E-state index in [9.17, 15) is 22.0 Å². The second-order valence-corrected chi connectivity index (χ2v) is 4.13. The van der Waals surface area contributed by atoms with Gasteiger partial charge in [0.2, 0.25) is 0 Å². The van der Waals surface area contributed by atoms with Gasteiger partial charge in [-0.25, -0.2) is 8.78 Å². The van der Waals surface area contributed by atoms with Gasteiger partial charge in [-0.1, -0.05) is 24.3 Å². The van der Waals surface area contributed by atoms with E-state index in [2.05, 4.69) is 0 Å². The molecule has 0 saturated heterocycles. The van der Waals surface area contributed by atoms with Crippen molar-refractivity contribution in [3.8, 4) is 11.1 Å². The van der Waals surface area contributed by atoms with Crippen LogP contribution in [0.15, 0.2) is 36.4 Å². The van der Waals surface area contributed by atoms with Crippen LogP contribution in [-0.2, 0) is 6.18 Å². The van der Waals surface area contributed by atoms with Gasteiger partial charge in [-0.05, 0) is 30.2 Å². The zero-order valence-corrected chi connectivity index (χ0v) is 9.85. The average Bonchev–Trinajstić information content (AvgIpc) is 2.32. The monoisotopic (exact) mass is 272 g/mol. The van der Waals surface area contributed by atoms with Gasteiger partial charge in [0.05, 0.1) is 5.56 Å². The highest BCUT2D eigenvalue weighted by Gasteiger charge is 2.32. The number of rotatable bonds is 1. The van der Waals surface area contributed by atoms with Crippen LogP contribution in [0.5, 0.6) is 0 Å². The first kappa shape index (κ1) is 13.5.